The summed E-state index contributed by atoms with van der Waals surface area (Å²) in [4.78, 5) is 0. The van der Waals surface area contributed by atoms with Gasteiger partial charge in [-0.05, 0) is 31.4 Å². The molecule has 0 aromatic rings. The third-order valence-electron chi connectivity index (χ3n) is 3.53. The minimum atomic E-state index is 0.182. The number of hydrogen-bond donors (Lipinski definition) is 0. The minimum Gasteiger partial charge on any atom is -0.491 e. The summed E-state index contributed by atoms with van der Waals surface area (Å²) >= 11 is 0. The summed E-state index contributed by atoms with van der Waals surface area (Å²) < 4.78 is 11.4. The third-order valence-corrected chi connectivity index (χ3v) is 3.53. The molecule has 1 rings (SSSR count). The van der Waals surface area contributed by atoms with Crippen LogP contribution in [0.1, 0.15) is 34.6 Å². The molecule has 16 heavy (non-hydrogen) atoms. The molecule has 1 aliphatic carbocycles. The van der Waals surface area contributed by atoms with Crippen molar-refractivity contribution in [3.05, 3.63) is 23.5 Å². The highest BCUT2D eigenvalue weighted by molar-refractivity contribution is 5.28. The lowest BCUT2D eigenvalue weighted by atomic mass is 9.90. The average molecular weight is 224 g/mol. The molecular formula is C14H24O2. The van der Waals surface area contributed by atoms with Crippen LogP contribution in [0.5, 0.6) is 0 Å². The third kappa shape index (κ3) is 2.88. The highest BCUT2D eigenvalue weighted by Crippen LogP contribution is 2.28. The smallest absolute Gasteiger partial charge is 0.118 e. The first-order valence-corrected chi connectivity index (χ1v) is 6.05. The maximum Gasteiger partial charge on any atom is 0.118 e. The Balaban J connectivity index is 2.75. The maximum absolute atomic E-state index is 5.97. The van der Waals surface area contributed by atoms with Gasteiger partial charge in [0.2, 0.25) is 0 Å². The summed E-state index contributed by atoms with van der Waals surface area (Å²) in [5.41, 5.74) is 1.28. The lowest BCUT2D eigenvalue weighted by molar-refractivity contribution is 0.0784. The van der Waals surface area contributed by atoms with Crippen LogP contribution in [0.2, 0.25) is 0 Å². The van der Waals surface area contributed by atoms with Crippen LogP contribution in [0, 0.1) is 11.8 Å². The minimum absolute atomic E-state index is 0.182. The fourth-order valence-electron chi connectivity index (χ4n) is 1.70. The molecule has 0 N–H and O–H groups in total. The molecule has 0 aromatic carbocycles. The molecule has 0 fully saturated rings. The van der Waals surface area contributed by atoms with E-state index in [0.717, 1.165) is 5.76 Å². The van der Waals surface area contributed by atoms with Crippen molar-refractivity contribution in [2.75, 3.05) is 7.11 Å². The lowest BCUT2D eigenvalue weighted by Gasteiger charge is -2.28. The first-order valence-electron chi connectivity index (χ1n) is 6.05. The summed E-state index contributed by atoms with van der Waals surface area (Å²) in [5, 5.41) is 0. The van der Waals surface area contributed by atoms with Crippen LogP contribution < -0.4 is 0 Å². The van der Waals surface area contributed by atoms with Crippen LogP contribution in [0.3, 0.4) is 0 Å². The highest BCUT2D eigenvalue weighted by atomic mass is 16.5. The molecule has 92 valence electrons. The summed E-state index contributed by atoms with van der Waals surface area (Å²) in [6, 6.07) is 0. The Morgan fingerprint density at radius 1 is 1.25 bits per heavy atom. The van der Waals surface area contributed by atoms with Gasteiger partial charge in [-0.3, -0.25) is 0 Å². The Hall–Kier alpha value is -0.760. The Morgan fingerprint density at radius 2 is 1.88 bits per heavy atom. The van der Waals surface area contributed by atoms with Crippen molar-refractivity contribution in [2.24, 2.45) is 11.8 Å². The van der Waals surface area contributed by atoms with E-state index in [1.807, 2.05) is 6.08 Å². The SMILES string of the molecule is COC1C=CC(OC(C)C(C)C)=C(C)[C@@H]1C. The van der Waals surface area contributed by atoms with Crippen LogP contribution in [0.25, 0.3) is 0 Å². The molecule has 0 amide bonds. The predicted molar refractivity (Wildman–Crippen MR) is 67.2 cm³/mol. The zero-order valence-corrected chi connectivity index (χ0v) is 11.3. The summed E-state index contributed by atoms with van der Waals surface area (Å²) in [5.74, 6) is 1.94. The topological polar surface area (TPSA) is 18.5 Å². The second-order valence-electron chi connectivity index (χ2n) is 4.96. The first-order chi connectivity index (χ1) is 7.47. The fourth-order valence-corrected chi connectivity index (χ4v) is 1.70. The van der Waals surface area contributed by atoms with Gasteiger partial charge in [0.25, 0.3) is 0 Å². The average Bonchev–Trinajstić information content (AvgIpc) is 2.25. The van der Waals surface area contributed by atoms with E-state index in [-0.39, 0.29) is 12.2 Å². The number of hydrogen-bond acceptors (Lipinski definition) is 2. The Morgan fingerprint density at radius 3 is 2.38 bits per heavy atom. The molecule has 1 aliphatic rings. The predicted octanol–water partition coefficient (Wildman–Crippen LogP) is 3.54. The zero-order valence-electron chi connectivity index (χ0n) is 11.3. The fraction of sp³-hybridized carbons (Fsp3) is 0.714. The molecule has 2 heteroatoms. The van der Waals surface area contributed by atoms with Crippen molar-refractivity contribution in [1.82, 2.24) is 0 Å². The molecule has 2 nitrogen and oxygen atoms in total. The van der Waals surface area contributed by atoms with Gasteiger partial charge in [-0.1, -0.05) is 26.8 Å². The van der Waals surface area contributed by atoms with Crippen molar-refractivity contribution < 1.29 is 9.47 Å². The second-order valence-corrected chi connectivity index (χ2v) is 4.96. The quantitative estimate of drug-likeness (QED) is 0.727. The van der Waals surface area contributed by atoms with Gasteiger partial charge in [-0.2, -0.15) is 0 Å². The standard InChI is InChI=1S/C14H24O2/c1-9(2)12(5)16-14-8-7-13(15-6)10(3)11(14)4/h7-10,12-13H,1-6H3/t10-,12?,13?/m0/s1. The van der Waals surface area contributed by atoms with Gasteiger partial charge in [-0.15, -0.1) is 0 Å². The van der Waals surface area contributed by atoms with Crippen LogP contribution in [0.4, 0.5) is 0 Å². The van der Waals surface area contributed by atoms with Gasteiger partial charge in [0.1, 0.15) is 5.76 Å². The van der Waals surface area contributed by atoms with E-state index >= 15 is 0 Å². The van der Waals surface area contributed by atoms with Gasteiger partial charge in [0.15, 0.2) is 0 Å². The Labute approximate surface area is 99.3 Å². The first kappa shape index (κ1) is 13.3. The van der Waals surface area contributed by atoms with Crippen LogP contribution in [0.15, 0.2) is 23.5 Å². The van der Waals surface area contributed by atoms with Gasteiger partial charge in [-0.25, -0.2) is 0 Å². The molecule has 0 aromatic heterocycles. The number of ether oxygens (including phenoxy) is 2. The highest BCUT2D eigenvalue weighted by Gasteiger charge is 2.23. The van der Waals surface area contributed by atoms with E-state index in [9.17, 15) is 0 Å². The largest absolute Gasteiger partial charge is 0.491 e. The summed E-state index contributed by atoms with van der Waals surface area (Å²) in [6.45, 7) is 10.8. The molecule has 0 saturated heterocycles. The van der Waals surface area contributed by atoms with Gasteiger partial charge < -0.3 is 9.47 Å². The molecule has 0 spiro atoms. The van der Waals surface area contributed by atoms with Crippen LogP contribution in [-0.2, 0) is 9.47 Å². The van der Waals surface area contributed by atoms with E-state index in [0.29, 0.717) is 11.8 Å². The van der Waals surface area contributed by atoms with Gasteiger partial charge >= 0.3 is 0 Å². The van der Waals surface area contributed by atoms with Gasteiger partial charge in [0, 0.05) is 13.0 Å². The Bertz CT molecular complexity index is 289. The molecular weight excluding hydrogens is 200 g/mol. The molecule has 0 radical (unpaired) electrons. The molecule has 0 aliphatic heterocycles. The monoisotopic (exact) mass is 224 g/mol. The molecule has 3 atom stereocenters. The van der Waals surface area contributed by atoms with Crippen molar-refractivity contribution in [1.29, 1.82) is 0 Å². The van der Waals surface area contributed by atoms with Crippen LogP contribution >= 0.6 is 0 Å². The van der Waals surface area contributed by atoms with Crippen molar-refractivity contribution in [3.63, 3.8) is 0 Å². The second kappa shape index (κ2) is 5.53. The number of allylic oxidation sites excluding steroid dienone is 1. The molecule has 0 bridgehead atoms. The number of rotatable bonds is 4. The van der Waals surface area contributed by atoms with E-state index in [4.69, 9.17) is 9.47 Å². The number of methoxy groups -OCH3 is 1. The van der Waals surface area contributed by atoms with E-state index in [1.54, 1.807) is 7.11 Å². The zero-order chi connectivity index (χ0) is 12.3. The normalized spacial score (nSPS) is 27.4. The Kier molecular flexibility index (Phi) is 4.60. The van der Waals surface area contributed by atoms with E-state index < -0.39 is 0 Å². The molecule has 2 unspecified atom stereocenters. The lowest BCUT2D eigenvalue weighted by Crippen LogP contribution is -2.25. The van der Waals surface area contributed by atoms with Crippen molar-refractivity contribution in [2.45, 2.75) is 46.8 Å². The van der Waals surface area contributed by atoms with Gasteiger partial charge in [0.05, 0.1) is 12.2 Å². The van der Waals surface area contributed by atoms with E-state index in [1.165, 1.54) is 5.57 Å². The van der Waals surface area contributed by atoms with Crippen molar-refractivity contribution >= 4 is 0 Å². The summed E-state index contributed by atoms with van der Waals surface area (Å²) in [7, 11) is 1.75. The van der Waals surface area contributed by atoms with Crippen molar-refractivity contribution in [3.8, 4) is 0 Å². The maximum atomic E-state index is 5.97. The van der Waals surface area contributed by atoms with Crippen LogP contribution in [-0.4, -0.2) is 19.3 Å². The summed E-state index contributed by atoms with van der Waals surface area (Å²) in [6.07, 6.45) is 4.56. The van der Waals surface area contributed by atoms with E-state index in [2.05, 4.69) is 40.7 Å². The molecule has 0 heterocycles. The molecule has 0 saturated carbocycles.